The highest BCUT2D eigenvalue weighted by Gasteiger charge is 2.48. The second kappa shape index (κ2) is 7.75. The van der Waals surface area contributed by atoms with Gasteiger partial charge in [-0.1, -0.05) is 6.07 Å². The molecule has 3 N–H and O–H groups in total. The number of hydrogen-bond acceptors (Lipinski definition) is 5. The van der Waals surface area contributed by atoms with E-state index in [0.717, 1.165) is 67.8 Å². The number of amides is 1. The third kappa shape index (κ3) is 3.85. The Kier molecular flexibility index (Phi) is 5.05. The van der Waals surface area contributed by atoms with Gasteiger partial charge in [-0.3, -0.25) is 9.69 Å². The van der Waals surface area contributed by atoms with E-state index in [1.54, 1.807) is 6.07 Å². The number of carbonyl (C=O) groups excluding carboxylic acids is 1. The molecule has 1 saturated heterocycles. The van der Waals surface area contributed by atoms with Crippen LogP contribution < -0.4 is 15.4 Å². The lowest BCUT2D eigenvalue weighted by Gasteiger charge is -2.37. The van der Waals surface area contributed by atoms with Crippen LogP contribution >= 0.6 is 0 Å². The molecule has 1 aliphatic carbocycles. The molecule has 2 aliphatic heterocycles. The molecule has 0 bridgehead atoms. The van der Waals surface area contributed by atoms with Crippen molar-refractivity contribution in [1.29, 1.82) is 0 Å². The van der Waals surface area contributed by atoms with E-state index in [4.69, 9.17) is 4.74 Å². The predicted molar refractivity (Wildman–Crippen MR) is 121 cm³/mol. The molecule has 164 valence electrons. The molecule has 2 aromatic rings. The van der Waals surface area contributed by atoms with Gasteiger partial charge in [-0.15, -0.1) is 0 Å². The van der Waals surface area contributed by atoms with E-state index in [2.05, 4.69) is 22.6 Å². The number of nitrogens with one attached hydrogen (secondary N) is 2. The van der Waals surface area contributed by atoms with E-state index in [0.29, 0.717) is 18.2 Å². The third-order valence-electron chi connectivity index (χ3n) is 7.11. The number of rotatable bonds is 6. The molecule has 0 spiro atoms. The van der Waals surface area contributed by atoms with Gasteiger partial charge in [0.15, 0.2) is 0 Å². The summed E-state index contributed by atoms with van der Waals surface area (Å²) in [4.78, 5) is 15.6. The molecule has 0 radical (unpaired) electrons. The van der Waals surface area contributed by atoms with E-state index in [9.17, 15) is 9.90 Å². The van der Waals surface area contributed by atoms with E-state index in [1.165, 1.54) is 5.56 Å². The number of likely N-dealkylation sites (tertiary alicyclic amines) is 1. The zero-order valence-electron chi connectivity index (χ0n) is 18.3. The van der Waals surface area contributed by atoms with Gasteiger partial charge >= 0.3 is 0 Å². The van der Waals surface area contributed by atoms with E-state index < -0.39 is 5.54 Å². The van der Waals surface area contributed by atoms with E-state index in [-0.39, 0.29) is 11.7 Å². The third-order valence-corrected chi connectivity index (χ3v) is 7.11. The van der Waals surface area contributed by atoms with Crippen LogP contribution in [0.3, 0.4) is 0 Å². The van der Waals surface area contributed by atoms with Crippen LogP contribution in [-0.2, 0) is 12.0 Å². The molecule has 6 nitrogen and oxygen atoms in total. The van der Waals surface area contributed by atoms with Gasteiger partial charge in [-0.25, -0.2) is 0 Å². The van der Waals surface area contributed by atoms with Gasteiger partial charge in [0, 0.05) is 29.9 Å². The number of ether oxygens (including phenoxy) is 1. The summed E-state index contributed by atoms with van der Waals surface area (Å²) in [6.45, 7) is 4.63. The first-order valence-electron chi connectivity index (χ1n) is 11.3. The van der Waals surface area contributed by atoms with Gasteiger partial charge in [0.1, 0.15) is 18.1 Å². The number of aromatic hydroxyl groups is 1. The minimum atomic E-state index is -0.392. The van der Waals surface area contributed by atoms with Gasteiger partial charge in [0.25, 0.3) is 5.91 Å². The van der Waals surface area contributed by atoms with Crippen LogP contribution in [0.1, 0.15) is 52.7 Å². The number of carbonyl (C=O) groups is 1. The smallest absolute Gasteiger partial charge is 0.252 e. The normalized spacial score (nSPS) is 21.4. The summed E-state index contributed by atoms with van der Waals surface area (Å²) in [6.07, 6.45) is 4.95. The van der Waals surface area contributed by atoms with Gasteiger partial charge in [-0.05, 0) is 87.5 Å². The first-order valence-corrected chi connectivity index (χ1v) is 11.3. The number of aryl methyl sites for hydroxylation is 1. The Morgan fingerprint density at radius 2 is 2.16 bits per heavy atom. The van der Waals surface area contributed by atoms with Crippen molar-refractivity contribution in [2.45, 2.75) is 50.6 Å². The van der Waals surface area contributed by atoms with Crippen molar-refractivity contribution in [3.63, 3.8) is 0 Å². The minimum absolute atomic E-state index is 0.0814. The van der Waals surface area contributed by atoms with Gasteiger partial charge in [-0.2, -0.15) is 0 Å². The summed E-state index contributed by atoms with van der Waals surface area (Å²) in [5.41, 5.74) is 4.46. The minimum Gasteiger partial charge on any atom is -0.508 e. The molecule has 5 rings (SSSR count). The molecular weight excluding hydrogens is 390 g/mol. The summed E-state index contributed by atoms with van der Waals surface area (Å²) in [5.74, 6) is 0.901. The first kappa shape index (κ1) is 20.2. The number of fused-ring (bicyclic) bond motifs is 1. The van der Waals surface area contributed by atoms with Crippen LogP contribution in [0.25, 0.3) is 0 Å². The van der Waals surface area contributed by atoms with Crippen LogP contribution in [0, 0.1) is 6.92 Å². The summed E-state index contributed by atoms with van der Waals surface area (Å²) >= 11 is 0. The fraction of sp³-hybridized carbons (Fsp3) is 0.480. The molecule has 2 heterocycles. The molecule has 0 aromatic heterocycles. The fourth-order valence-corrected chi connectivity index (χ4v) is 4.78. The Morgan fingerprint density at radius 3 is 2.87 bits per heavy atom. The number of anilines is 1. The Bertz CT molecular complexity index is 1020. The predicted octanol–water partition coefficient (Wildman–Crippen LogP) is 3.56. The van der Waals surface area contributed by atoms with Crippen LogP contribution in [0.15, 0.2) is 30.3 Å². The number of phenolic OH excluding ortho intramolecular Hbond substituents is 1. The number of hydrogen-bond donors (Lipinski definition) is 3. The zero-order valence-corrected chi connectivity index (χ0v) is 18.3. The summed E-state index contributed by atoms with van der Waals surface area (Å²) in [5, 5.41) is 17.0. The Hall–Kier alpha value is -2.73. The molecule has 1 unspecified atom stereocenters. The number of benzene rings is 2. The lowest BCUT2D eigenvalue weighted by Crippen LogP contribution is -2.48. The van der Waals surface area contributed by atoms with Crippen LogP contribution in [0.2, 0.25) is 0 Å². The summed E-state index contributed by atoms with van der Waals surface area (Å²) in [6, 6.07) is 9.84. The SMILES string of the molecule is Cc1ccc(OCC2CCN2C)cc1C(=O)NC1(c2cc(O)cc3c2CCCN3)CC1. The lowest BCUT2D eigenvalue weighted by molar-refractivity contribution is 0.0767. The lowest BCUT2D eigenvalue weighted by atomic mass is 9.91. The van der Waals surface area contributed by atoms with Gasteiger partial charge < -0.3 is 20.5 Å². The standard InChI is InChI=1S/C25H31N3O3/c1-16-5-6-19(31-15-17-7-11-28(17)2)14-21(16)24(30)27-25(8-9-25)22-12-18(29)13-23-20(22)4-3-10-26-23/h5-6,12-14,17,26,29H,3-4,7-11,15H2,1-2H3,(H,27,30). The van der Waals surface area contributed by atoms with Crippen molar-refractivity contribution in [3.8, 4) is 11.5 Å². The van der Waals surface area contributed by atoms with Crippen molar-refractivity contribution < 1.29 is 14.6 Å². The quantitative estimate of drug-likeness (QED) is 0.665. The molecule has 1 amide bonds. The molecule has 6 heteroatoms. The van der Waals surface area contributed by atoms with Crippen LogP contribution in [-0.4, -0.2) is 48.7 Å². The Balaban J connectivity index is 1.35. The summed E-state index contributed by atoms with van der Waals surface area (Å²) in [7, 11) is 2.11. The highest BCUT2D eigenvalue weighted by atomic mass is 16.5. The van der Waals surface area contributed by atoms with Crippen molar-refractivity contribution in [1.82, 2.24) is 10.2 Å². The number of likely N-dealkylation sites (N-methyl/N-ethyl adjacent to an activating group) is 1. The Labute approximate surface area is 183 Å². The topological polar surface area (TPSA) is 73.8 Å². The second-order valence-corrected chi connectivity index (χ2v) is 9.30. The average Bonchev–Trinajstić information content (AvgIpc) is 3.53. The molecule has 1 atom stereocenters. The fourth-order valence-electron chi connectivity index (χ4n) is 4.78. The first-order chi connectivity index (χ1) is 14.9. The Morgan fingerprint density at radius 1 is 1.32 bits per heavy atom. The maximum absolute atomic E-state index is 13.3. The van der Waals surface area contributed by atoms with Crippen molar-refractivity contribution in [2.75, 3.05) is 32.1 Å². The van der Waals surface area contributed by atoms with Crippen molar-refractivity contribution in [3.05, 3.63) is 52.6 Å². The molecule has 1 saturated carbocycles. The van der Waals surface area contributed by atoms with Crippen LogP contribution in [0.4, 0.5) is 5.69 Å². The molecule has 2 aromatic carbocycles. The van der Waals surface area contributed by atoms with E-state index >= 15 is 0 Å². The number of nitrogens with zero attached hydrogens (tertiary/aromatic N) is 1. The second-order valence-electron chi connectivity index (χ2n) is 9.30. The maximum Gasteiger partial charge on any atom is 0.252 e. The zero-order chi connectivity index (χ0) is 21.6. The van der Waals surface area contributed by atoms with Crippen molar-refractivity contribution >= 4 is 11.6 Å². The highest BCUT2D eigenvalue weighted by molar-refractivity contribution is 5.97. The highest BCUT2D eigenvalue weighted by Crippen LogP contribution is 2.50. The molecular formula is C25H31N3O3. The molecule has 31 heavy (non-hydrogen) atoms. The largest absolute Gasteiger partial charge is 0.508 e. The average molecular weight is 422 g/mol. The van der Waals surface area contributed by atoms with Gasteiger partial charge in [0.2, 0.25) is 0 Å². The molecule has 2 fully saturated rings. The van der Waals surface area contributed by atoms with Gasteiger partial charge in [0.05, 0.1) is 5.54 Å². The molecule has 3 aliphatic rings. The summed E-state index contributed by atoms with van der Waals surface area (Å²) < 4.78 is 5.98. The number of phenols is 1. The van der Waals surface area contributed by atoms with Crippen LogP contribution in [0.5, 0.6) is 11.5 Å². The monoisotopic (exact) mass is 421 g/mol. The van der Waals surface area contributed by atoms with Crippen molar-refractivity contribution in [2.24, 2.45) is 0 Å². The maximum atomic E-state index is 13.3. The van der Waals surface area contributed by atoms with E-state index in [1.807, 2.05) is 31.2 Å².